The molecule has 4 nitrogen and oxygen atoms in total. The van der Waals surface area contributed by atoms with Crippen LogP contribution in [0.4, 0.5) is 8.78 Å². The van der Waals surface area contributed by atoms with Gasteiger partial charge in [0.2, 0.25) is 0 Å². The summed E-state index contributed by atoms with van der Waals surface area (Å²) < 4.78 is 29.7. The lowest BCUT2D eigenvalue weighted by Crippen LogP contribution is -2.23. The van der Waals surface area contributed by atoms with Crippen LogP contribution < -0.4 is 0 Å². The SMILES string of the molecule is Cc1nn(CC(F)(F)c2ccccc2)c(C)c1CC(=O)O. The summed E-state index contributed by atoms with van der Waals surface area (Å²) in [7, 11) is 0. The fraction of sp³-hybridized carbons (Fsp3) is 0.333. The predicted molar refractivity (Wildman–Crippen MR) is 73.4 cm³/mol. The first-order valence-electron chi connectivity index (χ1n) is 6.49. The molecule has 1 N–H and O–H groups in total. The molecular weight excluding hydrogens is 278 g/mol. The van der Waals surface area contributed by atoms with Crippen molar-refractivity contribution in [2.45, 2.75) is 32.7 Å². The van der Waals surface area contributed by atoms with Crippen LogP contribution in [0.1, 0.15) is 22.5 Å². The third kappa shape index (κ3) is 3.26. The molecule has 0 unspecified atom stereocenters. The largest absolute Gasteiger partial charge is 0.481 e. The summed E-state index contributed by atoms with van der Waals surface area (Å²) >= 11 is 0. The minimum absolute atomic E-state index is 0.0858. The minimum atomic E-state index is -3.06. The molecule has 0 amide bonds. The number of benzene rings is 1. The number of nitrogens with zero attached hydrogens (tertiary/aromatic N) is 2. The third-order valence-electron chi connectivity index (χ3n) is 3.40. The van der Waals surface area contributed by atoms with Crippen LogP contribution in [0.15, 0.2) is 30.3 Å². The van der Waals surface area contributed by atoms with E-state index < -0.39 is 18.4 Å². The molecule has 112 valence electrons. The van der Waals surface area contributed by atoms with E-state index in [2.05, 4.69) is 5.10 Å². The zero-order valence-corrected chi connectivity index (χ0v) is 11.8. The molecule has 0 radical (unpaired) electrons. The van der Waals surface area contributed by atoms with E-state index in [1.165, 1.54) is 16.8 Å². The van der Waals surface area contributed by atoms with Gasteiger partial charge < -0.3 is 5.11 Å². The maximum atomic E-state index is 14.2. The number of hydrogen-bond donors (Lipinski definition) is 1. The average molecular weight is 294 g/mol. The van der Waals surface area contributed by atoms with Crippen LogP contribution in [-0.2, 0) is 23.7 Å². The maximum Gasteiger partial charge on any atom is 0.307 e. The molecule has 21 heavy (non-hydrogen) atoms. The number of alkyl halides is 2. The predicted octanol–water partition coefficient (Wildman–Crippen LogP) is 2.92. The highest BCUT2D eigenvalue weighted by Crippen LogP contribution is 2.30. The number of carbonyl (C=O) groups is 1. The van der Waals surface area contributed by atoms with Gasteiger partial charge in [-0.1, -0.05) is 30.3 Å². The summed E-state index contributed by atoms with van der Waals surface area (Å²) in [6.07, 6.45) is -0.214. The lowest BCUT2D eigenvalue weighted by atomic mass is 10.1. The van der Waals surface area contributed by atoms with E-state index in [9.17, 15) is 13.6 Å². The van der Waals surface area contributed by atoms with Gasteiger partial charge in [0.05, 0.1) is 12.1 Å². The van der Waals surface area contributed by atoms with E-state index >= 15 is 0 Å². The first kappa shape index (κ1) is 15.2. The second-order valence-electron chi connectivity index (χ2n) is 4.95. The minimum Gasteiger partial charge on any atom is -0.481 e. The van der Waals surface area contributed by atoms with Crippen LogP contribution in [0.2, 0.25) is 0 Å². The van der Waals surface area contributed by atoms with Gasteiger partial charge in [-0.25, -0.2) is 0 Å². The Kier molecular flexibility index (Phi) is 4.06. The fourth-order valence-corrected chi connectivity index (χ4v) is 2.26. The Hall–Kier alpha value is -2.24. The van der Waals surface area contributed by atoms with Crippen LogP contribution in [0, 0.1) is 13.8 Å². The van der Waals surface area contributed by atoms with E-state index in [-0.39, 0.29) is 12.0 Å². The van der Waals surface area contributed by atoms with Crippen molar-refractivity contribution in [3.8, 4) is 0 Å². The summed E-state index contributed by atoms with van der Waals surface area (Å²) in [6.45, 7) is 2.63. The van der Waals surface area contributed by atoms with Crippen molar-refractivity contribution >= 4 is 5.97 Å². The smallest absolute Gasteiger partial charge is 0.307 e. The molecule has 2 aromatic rings. The Labute approximate surface area is 121 Å². The topological polar surface area (TPSA) is 55.1 Å². The molecule has 1 aromatic heterocycles. The molecule has 0 saturated carbocycles. The summed E-state index contributed by atoms with van der Waals surface area (Å²) in [6, 6.07) is 7.52. The summed E-state index contributed by atoms with van der Waals surface area (Å²) in [5.41, 5.74) is 1.34. The van der Waals surface area contributed by atoms with E-state index in [1.807, 2.05) is 0 Å². The molecule has 0 saturated heterocycles. The second kappa shape index (κ2) is 5.63. The molecule has 0 atom stereocenters. The molecule has 1 heterocycles. The fourth-order valence-electron chi connectivity index (χ4n) is 2.26. The Bertz CT molecular complexity index is 651. The maximum absolute atomic E-state index is 14.2. The molecule has 6 heteroatoms. The molecule has 0 spiro atoms. The zero-order valence-electron chi connectivity index (χ0n) is 11.8. The zero-order chi connectivity index (χ0) is 15.6. The number of hydrogen-bond acceptors (Lipinski definition) is 2. The van der Waals surface area contributed by atoms with E-state index in [4.69, 9.17) is 5.11 Å². The number of halogens is 2. The first-order valence-corrected chi connectivity index (χ1v) is 6.49. The van der Waals surface area contributed by atoms with Crippen LogP contribution in [0.25, 0.3) is 0 Å². The number of aryl methyl sites for hydroxylation is 1. The van der Waals surface area contributed by atoms with Gasteiger partial charge in [0.25, 0.3) is 5.92 Å². The third-order valence-corrected chi connectivity index (χ3v) is 3.40. The lowest BCUT2D eigenvalue weighted by molar-refractivity contribution is -0.136. The van der Waals surface area contributed by atoms with Crippen molar-refractivity contribution in [2.24, 2.45) is 0 Å². The summed E-state index contributed by atoms with van der Waals surface area (Å²) in [5, 5.41) is 12.9. The van der Waals surface area contributed by atoms with Crippen molar-refractivity contribution < 1.29 is 18.7 Å². The summed E-state index contributed by atoms with van der Waals surface area (Å²) in [4.78, 5) is 10.8. The molecule has 0 bridgehead atoms. The molecule has 0 fully saturated rings. The molecule has 1 aromatic carbocycles. The van der Waals surface area contributed by atoms with E-state index in [0.717, 1.165) is 0 Å². The van der Waals surface area contributed by atoms with Crippen LogP contribution in [0.5, 0.6) is 0 Å². The average Bonchev–Trinajstić information content (AvgIpc) is 2.66. The highest BCUT2D eigenvalue weighted by atomic mass is 19.3. The van der Waals surface area contributed by atoms with Crippen molar-refractivity contribution in [2.75, 3.05) is 0 Å². The van der Waals surface area contributed by atoms with Gasteiger partial charge >= 0.3 is 5.97 Å². The van der Waals surface area contributed by atoms with Crippen molar-refractivity contribution in [3.05, 3.63) is 52.8 Å². The molecule has 2 rings (SSSR count). The van der Waals surface area contributed by atoms with Crippen molar-refractivity contribution in [3.63, 3.8) is 0 Å². The molecule has 0 aliphatic rings. The Morgan fingerprint density at radius 2 is 1.90 bits per heavy atom. The standard InChI is InChI=1S/C15H16F2N2O2/c1-10-13(8-14(20)21)11(2)19(18-10)9-15(16,17)12-6-4-3-5-7-12/h3-7H,8-9H2,1-2H3,(H,20,21). The number of aliphatic carboxylic acids is 1. The second-order valence-corrected chi connectivity index (χ2v) is 4.95. The normalized spacial score (nSPS) is 11.6. The van der Waals surface area contributed by atoms with Gasteiger partial charge in [0.1, 0.15) is 6.54 Å². The number of rotatable bonds is 5. The summed E-state index contributed by atoms with van der Waals surface area (Å²) in [5.74, 6) is -4.07. The Morgan fingerprint density at radius 1 is 1.29 bits per heavy atom. The highest BCUT2D eigenvalue weighted by Gasteiger charge is 2.33. The Morgan fingerprint density at radius 3 is 2.48 bits per heavy atom. The molecule has 0 aliphatic heterocycles. The molecule has 0 aliphatic carbocycles. The number of carboxylic acids is 1. The van der Waals surface area contributed by atoms with Crippen molar-refractivity contribution in [1.82, 2.24) is 9.78 Å². The van der Waals surface area contributed by atoms with Gasteiger partial charge in [-0.3, -0.25) is 9.48 Å². The van der Waals surface area contributed by atoms with E-state index in [1.54, 1.807) is 32.0 Å². The van der Waals surface area contributed by atoms with Gasteiger partial charge in [-0.2, -0.15) is 13.9 Å². The van der Waals surface area contributed by atoms with Crippen LogP contribution in [-0.4, -0.2) is 20.9 Å². The lowest BCUT2D eigenvalue weighted by Gasteiger charge is -2.17. The monoisotopic (exact) mass is 294 g/mol. The first-order chi connectivity index (χ1) is 9.81. The Balaban J connectivity index is 2.30. The molecular formula is C15H16F2N2O2. The van der Waals surface area contributed by atoms with Crippen molar-refractivity contribution in [1.29, 1.82) is 0 Å². The van der Waals surface area contributed by atoms with Gasteiger partial charge in [0, 0.05) is 16.8 Å². The van der Waals surface area contributed by atoms with E-state index in [0.29, 0.717) is 17.0 Å². The number of carboxylic acid groups (broad SMARTS) is 1. The quantitative estimate of drug-likeness (QED) is 0.922. The van der Waals surface area contributed by atoms with Gasteiger partial charge in [0.15, 0.2) is 0 Å². The number of aromatic nitrogens is 2. The van der Waals surface area contributed by atoms with Gasteiger partial charge in [-0.05, 0) is 13.8 Å². The van der Waals surface area contributed by atoms with Crippen LogP contribution >= 0.6 is 0 Å². The van der Waals surface area contributed by atoms with Crippen LogP contribution in [0.3, 0.4) is 0 Å². The van der Waals surface area contributed by atoms with Gasteiger partial charge in [-0.15, -0.1) is 0 Å². The highest BCUT2D eigenvalue weighted by molar-refractivity contribution is 5.70.